The number of methoxy groups -OCH3 is 1. The quantitative estimate of drug-likeness (QED) is 0.847. The van der Waals surface area contributed by atoms with Gasteiger partial charge >= 0.3 is 0 Å². The molecule has 1 aliphatic heterocycles. The van der Waals surface area contributed by atoms with Gasteiger partial charge < -0.3 is 15.4 Å². The Kier molecular flexibility index (Phi) is 4.52. The molecular formula is C13H19N3O2. The molecule has 1 saturated heterocycles. The maximum atomic E-state index is 11.8. The zero-order valence-electron chi connectivity index (χ0n) is 10.6. The van der Waals surface area contributed by atoms with E-state index in [4.69, 9.17) is 4.74 Å². The number of anilines is 1. The van der Waals surface area contributed by atoms with Crippen molar-refractivity contribution in [3.05, 3.63) is 18.3 Å². The summed E-state index contributed by atoms with van der Waals surface area (Å²) in [7, 11) is 1.57. The second-order valence-electron chi connectivity index (χ2n) is 4.55. The number of piperidine rings is 1. The van der Waals surface area contributed by atoms with Crippen LogP contribution in [0.3, 0.4) is 0 Å². The van der Waals surface area contributed by atoms with Crippen LogP contribution in [0.4, 0.5) is 5.69 Å². The van der Waals surface area contributed by atoms with Gasteiger partial charge in [-0.15, -0.1) is 0 Å². The fourth-order valence-electron chi connectivity index (χ4n) is 2.15. The minimum absolute atomic E-state index is 0.0515. The first-order chi connectivity index (χ1) is 8.78. The zero-order chi connectivity index (χ0) is 12.8. The third-order valence-corrected chi connectivity index (χ3v) is 3.10. The fraction of sp³-hybridized carbons (Fsp3) is 0.538. The van der Waals surface area contributed by atoms with E-state index in [1.807, 2.05) is 0 Å². The van der Waals surface area contributed by atoms with Crippen molar-refractivity contribution < 1.29 is 9.53 Å². The van der Waals surface area contributed by atoms with Crippen LogP contribution in [-0.4, -0.2) is 31.1 Å². The van der Waals surface area contributed by atoms with Crippen LogP contribution < -0.4 is 15.4 Å². The van der Waals surface area contributed by atoms with E-state index in [-0.39, 0.29) is 5.91 Å². The normalized spacial score (nSPS) is 19.3. The van der Waals surface area contributed by atoms with Gasteiger partial charge in [-0.25, -0.2) is 4.98 Å². The third kappa shape index (κ3) is 3.70. The van der Waals surface area contributed by atoms with E-state index in [0.29, 0.717) is 23.9 Å². The van der Waals surface area contributed by atoms with Crippen LogP contribution in [-0.2, 0) is 4.79 Å². The van der Waals surface area contributed by atoms with E-state index in [1.165, 1.54) is 0 Å². The highest BCUT2D eigenvalue weighted by Crippen LogP contribution is 2.16. The van der Waals surface area contributed by atoms with E-state index in [1.54, 1.807) is 25.4 Å². The summed E-state index contributed by atoms with van der Waals surface area (Å²) in [5.41, 5.74) is 0.713. The number of aromatic nitrogens is 1. The van der Waals surface area contributed by atoms with Gasteiger partial charge in [0, 0.05) is 12.5 Å². The van der Waals surface area contributed by atoms with Gasteiger partial charge in [0.05, 0.1) is 19.0 Å². The molecule has 2 rings (SSSR count). The predicted octanol–water partition coefficient (Wildman–Crippen LogP) is 1.42. The molecule has 1 fully saturated rings. The molecule has 5 nitrogen and oxygen atoms in total. The predicted molar refractivity (Wildman–Crippen MR) is 69.6 cm³/mol. The second-order valence-corrected chi connectivity index (χ2v) is 4.55. The number of carbonyl (C=O) groups excluding carboxylic acids is 1. The van der Waals surface area contributed by atoms with Crippen LogP contribution in [0.2, 0.25) is 0 Å². The standard InChI is InChI=1S/C13H19N3O2/c1-18-13-5-4-11(9-15-13)16-12(17)7-10-3-2-6-14-8-10/h4-5,9-10,14H,2-3,6-8H2,1H3,(H,16,17). The van der Waals surface area contributed by atoms with E-state index >= 15 is 0 Å². The highest BCUT2D eigenvalue weighted by atomic mass is 16.5. The lowest BCUT2D eigenvalue weighted by molar-refractivity contribution is -0.117. The Morgan fingerprint density at radius 3 is 3.11 bits per heavy atom. The Morgan fingerprint density at radius 1 is 1.61 bits per heavy atom. The first-order valence-electron chi connectivity index (χ1n) is 6.28. The van der Waals surface area contributed by atoms with Crippen LogP contribution in [0.1, 0.15) is 19.3 Å². The van der Waals surface area contributed by atoms with Gasteiger partial charge in [0.1, 0.15) is 0 Å². The summed E-state index contributed by atoms with van der Waals surface area (Å²) in [6, 6.07) is 3.53. The van der Waals surface area contributed by atoms with Crippen molar-refractivity contribution in [1.82, 2.24) is 10.3 Å². The van der Waals surface area contributed by atoms with Crippen molar-refractivity contribution in [3.8, 4) is 5.88 Å². The Labute approximate surface area is 107 Å². The molecule has 5 heteroatoms. The highest BCUT2D eigenvalue weighted by molar-refractivity contribution is 5.90. The molecule has 1 aliphatic rings. The summed E-state index contributed by atoms with van der Waals surface area (Å²) < 4.78 is 4.96. The molecule has 1 amide bonds. The zero-order valence-corrected chi connectivity index (χ0v) is 10.6. The van der Waals surface area contributed by atoms with Crippen LogP contribution >= 0.6 is 0 Å². The van der Waals surface area contributed by atoms with Crippen molar-refractivity contribution >= 4 is 11.6 Å². The SMILES string of the molecule is COc1ccc(NC(=O)CC2CCCNC2)cn1. The van der Waals surface area contributed by atoms with Crippen molar-refractivity contribution in [2.75, 3.05) is 25.5 Å². The Morgan fingerprint density at radius 2 is 2.50 bits per heavy atom. The third-order valence-electron chi connectivity index (χ3n) is 3.10. The largest absolute Gasteiger partial charge is 0.481 e. The summed E-state index contributed by atoms with van der Waals surface area (Å²) >= 11 is 0. The summed E-state index contributed by atoms with van der Waals surface area (Å²) in [6.45, 7) is 2.01. The summed E-state index contributed by atoms with van der Waals surface area (Å²) in [6.07, 6.45) is 4.46. The average Bonchev–Trinajstić information content (AvgIpc) is 2.40. The van der Waals surface area contributed by atoms with Crippen molar-refractivity contribution in [1.29, 1.82) is 0 Å². The summed E-state index contributed by atoms with van der Waals surface area (Å²) in [5, 5.41) is 6.17. The molecule has 1 aromatic heterocycles. The minimum Gasteiger partial charge on any atom is -0.481 e. The average molecular weight is 249 g/mol. The lowest BCUT2D eigenvalue weighted by Gasteiger charge is -2.22. The van der Waals surface area contributed by atoms with Crippen LogP contribution in [0.15, 0.2) is 18.3 Å². The molecular weight excluding hydrogens is 230 g/mol. The molecule has 0 radical (unpaired) electrons. The van der Waals surface area contributed by atoms with E-state index < -0.39 is 0 Å². The van der Waals surface area contributed by atoms with E-state index in [2.05, 4.69) is 15.6 Å². The number of hydrogen-bond donors (Lipinski definition) is 2. The first kappa shape index (κ1) is 12.8. The molecule has 1 atom stereocenters. The van der Waals surface area contributed by atoms with Gasteiger partial charge in [0.25, 0.3) is 0 Å². The molecule has 1 unspecified atom stereocenters. The van der Waals surface area contributed by atoms with Crippen molar-refractivity contribution in [2.45, 2.75) is 19.3 Å². The number of hydrogen-bond acceptors (Lipinski definition) is 4. The first-order valence-corrected chi connectivity index (χ1v) is 6.28. The van der Waals surface area contributed by atoms with Gasteiger partial charge in [0.2, 0.25) is 11.8 Å². The second kappa shape index (κ2) is 6.35. The van der Waals surface area contributed by atoms with E-state index in [0.717, 1.165) is 25.9 Å². The smallest absolute Gasteiger partial charge is 0.224 e. The van der Waals surface area contributed by atoms with E-state index in [9.17, 15) is 4.79 Å². The molecule has 2 N–H and O–H groups in total. The number of pyridine rings is 1. The lowest BCUT2D eigenvalue weighted by atomic mass is 9.96. The minimum atomic E-state index is 0.0515. The molecule has 0 bridgehead atoms. The molecule has 0 aliphatic carbocycles. The monoisotopic (exact) mass is 249 g/mol. The number of ether oxygens (including phenoxy) is 1. The van der Waals surface area contributed by atoms with Crippen molar-refractivity contribution in [3.63, 3.8) is 0 Å². The number of carbonyl (C=O) groups is 1. The Hall–Kier alpha value is -1.62. The highest BCUT2D eigenvalue weighted by Gasteiger charge is 2.16. The van der Waals surface area contributed by atoms with Crippen LogP contribution in [0.5, 0.6) is 5.88 Å². The van der Waals surface area contributed by atoms with Gasteiger partial charge in [-0.2, -0.15) is 0 Å². The summed E-state index contributed by atoms with van der Waals surface area (Å²) in [4.78, 5) is 15.9. The van der Waals surface area contributed by atoms with Crippen LogP contribution in [0.25, 0.3) is 0 Å². The maximum absolute atomic E-state index is 11.8. The molecule has 18 heavy (non-hydrogen) atoms. The van der Waals surface area contributed by atoms with Gasteiger partial charge in [-0.3, -0.25) is 4.79 Å². The molecule has 1 aromatic rings. The molecule has 2 heterocycles. The van der Waals surface area contributed by atoms with Gasteiger partial charge in [-0.1, -0.05) is 0 Å². The topological polar surface area (TPSA) is 63.2 Å². The molecule has 0 aromatic carbocycles. The van der Waals surface area contributed by atoms with Crippen LogP contribution in [0, 0.1) is 5.92 Å². The summed E-state index contributed by atoms with van der Waals surface area (Å²) in [5.74, 6) is 1.05. The lowest BCUT2D eigenvalue weighted by Crippen LogP contribution is -2.32. The number of rotatable bonds is 4. The number of nitrogens with zero attached hydrogens (tertiary/aromatic N) is 1. The van der Waals surface area contributed by atoms with Gasteiger partial charge in [-0.05, 0) is 37.9 Å². The number of nitrogens with one attached hydrogen (secondary N) is 2. The van der Waals surface area contributed by atoms with Crippen molar-refractivity contribution in [2.24, 2.45) is 5.92 Å². The molecule has 0 spiro atoms. The fourth-order valence-corrected chi connectivity index (χ4v) is 2.15. The Balaban J connectivity index is 1.82. The maximum Gasteiger partial charge on any atom is 0.224 e. The number of amides is 1. The van der Waals surface area contributed by atoms with Gasteiger partial charge in [0.15, 0.2) is 0 Å². The Bertz CT molecular complexity index is 386. The molecule has 0 saturated carbocycles. The molecule has 98 valence electrons.